The number of benzene rings is 2. The largest absolute Gasteiger partial charge is 0.327 e. The number of nitrogens with one attached hydrogen (secondary N) is 2. The van der Waals surface area contributed by atoms with Crippen LogP contribution < -0.4 is 10.2 Å². The van der Waals surface area contributed by atoms with Gasteiger partial charge in [0.2, 0.25) is 0 Å². The molecular weight excluding hydrogens is 359 g/mol. The Morgan fingerprint density at radius 1 is 0.964 bits per heavy atom. The van der Waals surface area contributed by atoms with Crippen LogP contribution in [0.3, 0.4) is 0 Å². The van der Waals surface area contributed by atoms with Crippen molar-refractivity contribution in [1.29, 1.82) is 0 Å². The van der Waals surface area contributed by atoms with Gasteiger partial charge in [0.05, 0.1) is 13.1 Å². The second-order valence-electron chi connectivity index (χ2n) is 7.25. The number of quaternary nitrogens is 1. The van der Waals surface area contributed by atoms with Crippen LogP contribution >= 0.6 is 0 Å². The molecule has 5 nitrogen and oxygen atoms in total. The molecule has 0 radical (unpaired) electrons. The molecule has 3 rings (SSSR count). The number of anilines is 1. The minimum Gasteiger partial charge on any atom is -0.327 e. The number of likely N-dealkylation sites (tertiary alicyclic amines) is 1. The lowest BCUT2D eigenvalue weighted by Gasteiger charge is -2.28. The molecule has 0 saturated carbocycles. The molecule has 0 bridgehead atoms. The topological polar surface area (TPSA) is 67.7 Å². The summed E-state index contributed by atoms with van der Waals surface area (Å²) in [5.41, 5.74) is 1.81. The molecule has 0 aromatic heterocycles. The van der Waals surface area contributed by atoms with Gasteiger partial charge in [-0.15, -0.1) is 0 Å². The standard InChI is InChI=1S/C22H23FN2O3/c1-15(26)16-4-8-20(9-5-16)24-21(27)14-25-12-10-18(11-13-25)22(28)17-2-6-19(23)7-3-17/h2-9,18H,10-14H2,1H3,(H,24,27)/p+1. The fourth-order valence-corrected chi connectivity index (χ4v) is 3.54. The summed E-state index contributed by atoms with van der Waals surface area (Å²) in [5, 5.41) is 2.85. The number of halogens is 1. The molecule has 0 spiro atoms. The molecule has 0 aliphatic carbocycles. The molecule has 1 heterocycles. The van der Waals surface area contributed by atoms with Crippen molar-refractivity contribution in [2.45, 2.75) is 19.8 Å². The Kier molecular flexibility index (Phi) is 6.31. The Morgan fingerprint density at radius 3 is 2.11 bits per heavy atom. The number of ketones is 2. The summed E-state index contributed by atoms with van der Waals surface area (Å²) < 4.78 is 13.0. The van der Waals surface area contributed by atoms with Crippen molar-refractivity contribution in [3.63, 3.8) is 0 Å². The molecule has 6 heteroatoms. The summed E-state index contributed by atoms with van der Waals surface area (Å²) in [7, 11) is 0. The van der Waals surface area contributed by atoms with Gasteiger partial charge >= 0.3 is 0 Å². The van der Waals surface area contributed by atoms with Crippen LogP contribution in [0.25, 0.3) is 0 Å². The van der Waals surface area contributed by atoms with Gasteiger partial charge in [0.25, 0.3) is 5.91 Å². The van der Waals surface area contributed by atoms with Crippen LogP contribution in [0.4, 0.5) is 10.1 Å². The van der Waals surface area contributed by atoms with Gasteiger partial charge in [-0.25, -0.2) is 4.39 Å². The van der Waals surface area contributed by atoms with Gasteiger partial charge in [-0.2, -0.15) is 0 Å². The SMILES string of the molecule is CC(=O)c1ccc(NC(=O)C[NH+]2CCC(C(=O)c3ccc(F)cc3)CC2)cc1. The van der Waals surface area contributed by atoms with Crippen LogP contribution in [0.1, 0.15) is 40.5 Å². The highest BCUT2D eigenvalue weighted by atomic mass is 19.1. The van der Waals surface area contributed by atoms with Crippen LogP contribution in [-0.2, 0) is 4.79 Å². The van der Waals surface area contributed by atoms with Crippen LogP contribution in [0.2, 0.25) is 0 Å². The fraction of sp³-hybridized carbons (Fsp3) is 0.318. The van der Waals surface area contributed by atoms with E-state index in [1.165, 1.54) is 31.2 Å². The molecule has 146 valence electrons. The van der Waals surface area contributed by atoms with Gasteiger partial charge in [-0.3, -0.25) is 14.4 Å². The molecular formula is C22H24FN2O3+. The minimum absolute atomic E-state index is 0.0135. The second-order valence-corrected chi connectivity index (χ2v) is 7.25. The summed E-state index contributed by atoms with van der Waals surface area (Å²) in [4.78, 5) is 37.2. The first-order valence-electron chi connectivity index (χ1n) is 9.46. The van der Waals surface area contributed by atoms with E-state index in [0.29, 0.717) is 36.2 Å². The number of carbonyl (C=O) groups excluding carboxylic acids is 3. The smallest absolute Gasteiger partial charge is 0.279 e. The van der Waals surface area contributed by atoms with Crippen molar-refractivity contribution in [1.82, 2.24) is 0 Å². The number of hydrogen-bond acceptors (Lipinski definition) is 3. The number of rotatable bonds is 6. The molecule has 1 aliphatic heterocycles. The zero-order chi connectivity index (χ0) is 20.1. The molecule has 1 amide bonds. The molecule has 2 N–H and O–H groups in total. The highest BCUT2D eigenvalue weighted by Gasteiger charge is 2.29. The molecule has 1 fully saturated rings. The van der Waals surface area contributed by atoms with E-state index in [2.05, 4.69) is 5.32 Å². The first kappa shape index (κ1) is 19.9. The summed E-state index contributed by atoms with van der Waals surface area (Å²) in [6.45, 7) is 3.33. The first-order chi connectivity index (χ1) is 13.4. The van der Waals surface area contributed by atoms with Crippen LogP contribution in [-0.4, -0.2) is 37.1 Å². The Morgan fingerprint density at radius 2 is 1.54 bits per heavy atom. The van der Waals surface area contributed by atoms with E-state index in [0.717, 1.165) is 18.0 Å². The van der Waals surface area contributed by atoms with E-state index < -0.39 is 0 Å². The molecule has 2 aromatic rings. The van der Waals surface area contributed by atoms with Gasteiger partial charge in [0.1, 0.15) is 5.82 Å². The zero-order valence-corrected chi connectivity index (χ0v) is 15.8. The average Bonchev–Trinajstić information content (AvgIpc) is 2.69. The third-order valence-electron chi connectivity index (χ3n) is 5.18. The maximum absolute atomic E-state index is 13.0. The van der Waals surface area contributed by atoms with E-state index in [1.54, 1.807) is 24.3 Å². The predicted molar refractivity (Wildman–Crippen MR) is 104 cm³/mol. The van der Waals surface area contributed by atoms with Crippen molar-refractivity contribution in [2.24, 2.45) is 5.92 Å². The van der Waals surface area contributed by atoms with Crippen molar-refractivity contribution in [3.8, 4) is 0 Å². The summed E-state index contributed by atoms with van der Waals surface area (Å²) in [6.07, 6.45) is 1.43. The number of amides is 1. The monoisotopic (exact) mass is 383 g/mol. The normalized spacial score (nSPS) is 19.1. The lowest BCUT2D eigenvalue weighted by atomic mass is 9.89. The van der Waals surface area contributed by atoms with Gasteiger partial charge < -0.3 is 10.2 Å². The van der Waals surface area contributed by atoms with Crippen LogP contribution in [0.5, 0.6) is 0 Å². The Labute approximate surface area is 163 Å². The van der Waals surface area contributed by atoms with Gasteiger partial charge in [0, 0.05) is 35.6 Å². The number of piperidine rings is 1. The van der Waals surface area contributed by atoms with E-state index in [4.69, 9.17) is 0 Å². The third-order valence-corrected chi connectivity index (χ3v) is 5.18. The van der Waals surface area contributed by atoms with Gasteiger partial charge in [0.15, 0.2) is 18.1 Å². The van der Waals surface area contributed by atoms with E-state index in [9.17, 15) is 18.8 Å². The van der Waals surface area contributed by atoms with Gasteiger partial charge in [-0.05, 0) is 55.5 Å². The number of hydrogen-bond donors (Lipinski definition) is 2. The Balaban J connectivity index is 1.47. The predicted octanol–water partition coefficient (Wildman–Crippen LogP) is 2.14. The van der Waals surface area contributed by atoms with Crippen molar-refractivity contribution in [3.05, 3.63) is 65.5 Å². The van der Waals surface area contributed by atoms with Crippen molar-refractivity contribution in [2.75, 3.05) is 25.0 Å². The number of Topliss-reactive ketones (excluding diaryl/α,β-unsaturated/α-hetero) is 2. The second kappa shape index (κ2) is 8.89. The third kappa shape index (κ3) is 5.10. The minimum atomic E-state index is -0.349. The Bertz CT molecular complexity index is 854. The maximum Gasteiger partial charge on any atom is 0.279 e. The Hall–Kier alpha value is -2.86. The van der Waals surface area contributed by atoms with E-state index in [1.807, 2.05) is 0 Å². The molecule has 0 unspecified atom stereocenters. The van der Waals surface area contributed by atoms with E-state index >= 15 is 0 Å². The quantitative estimate of drug-likeness (QED) is 0.751. The van der Waals surface area contributed by atoms with E-state index in [-0.39, 0.29) is 29.2 Å². The molecule has 1 aliphatic rings. The average molecular weight is 383 g/mol. The fourth-order valence-electron chi connectivity index (χ4n) is 3.54. The molecule has 28 heavy (non-hydrogen) atoms. The summed E-state index contributed by atoms with van der Waals surface area (Å²) in [5.74, 6) is -0.475. The molecule has 1 saturated heterocycles. The highest BCUT2D eigenvalue weighted by molar-refractivity contribution is 5.98. The lowest BCUT2D eigenvalue weighted by Crippen LogP contribution is -3.14. The highest BCUT2D eigenvalue weighted by Crippen LogP contribution is 2.17. The summed E-state index contributed by atoms with van der Waals surface area (Å²) >= 11 is 0. The summed E-state index contributed by atoms with van der Waals surface area (Å²) in [6, 6.07) is 12.5. The van der Waals surface area contributed by atoms with Crippen LogP contribution in [0.15, 0.2) is 48.5 Å². The molecule has 2 aromatic carbocycles. The van der Waals surface area contributed by atoms with Crippen molar-refractivity contribution >= 4 is 23.2 Å². The van der Waals surface area contributed by atoms with Crippen LogP contribution in [0, 0.1) is 11.7 Å². The van der Waals surface area contributed by atoms with Crippen molar-refractivity contribution < 1.29 is 23.7 Å². The van der Waals surface area contributed by atoms with Gasteiger partial charge in [-0.1, -0.05) is 0 Å². The molecule has 0 atom stereocenters. The lowest BCUT2D eigenvalue weighted by molar-refractivity contribution is -0.897. The maximum atomic E-state index is 13.0. The zero-order valence-electron chi connectivity index (χ0n) is 15.8. The number of carbonyl (C=O) groups is 3. The first-order valence-corrected chi connectivity index (χ1v) is 9.46.